The average molecular weight is 511 g/mol. The van der Waals surface area contributed by atoms with E-state index in [0.29, 0.717) is 24.8 Å². The lowest BCUT2D eigenvalue weighted by atomic mass is 10.1. The number of amides is 3. The molecule has 1 atom stereocenters. The molecule has 35 heavy (non-hydrogen) atoms. The zero-order chi connectivity index (χ0) is 24.9. The first-order valence-corrected chi connectivity index (χ1v) is 11.4. The third-order valence-corrected chi connectivity index (χ3v) is 5.10. The quantitative estimate of drug-likeness (QED) is 0.359. The van der Waals surface area contributed by atoms with E-state index < -0.39 is 35.4 Å². The zero-order valence-corrected chi connectivity index (χ0v) is 20.6. The molecule has 7 nitrogen and oxygen atoms in total. The second-order valence-corrected chi connectivity index (χ2v) is 8.03. The summed E-state index contributed by atoms with van der Waals surface area (Å²) in [5.41, 5.74) is 6.00. The molecule has 0 aromatic heterocycles. The smallest absolute Gasteiger partial charge is 0.256 e. The summed E-state index contributed by atoms with van der Waals surface area (Å²) in [6.45, 7) is 2.71. The molecule has 0 fully saturated rings. The predicted octanol–water partition coefficient (Wildman–Crippen LogP) is 3.10. The third-order valence-electron chi connectivity index (χ3n) is 5.10. The first-order chi connectivity index (χ1) is 16.3. The van der Waals surface area contributed by atoms with Gasteiger partial charge in [-0.15, -0.1) is 12.4 Å². The van der Waals surface area contributed by atoms with Crippen LogP contribution in [-0.2, 0) is 20.8 Å². The number of anilines is 1. The van der Waals surface area contributed by atoms with Crippen LogP contribution in [-0.4, -0.2) is 43.4 Å². The maximum absolute atomic E-state index is 13.4. The second kappa shape index (κ2) is 15.9. The summed E-state index contributed by atoms with van der Waals surface area (Å²) in [5.74, 6) is -3.24. The van der Waals surface area contributed by atoms with Gasteiger partial charge in [-0.1, -0.05) is 31.0 Å². The minimum Gasteiger partial charge on any atom is -0.344 e. The zero-order valence-electron chi connectivity index (χ0n) is 19.8. The van der Waals surface area contributed by atoms with E-state index in [9.17, 15) is 23.2 Å². The summed E-state index contributed by atoms with van der Waals surface area (Å²) in [6, 6.07) is 10.2. The first-order valence-electron chi connectivity index (χ1n) is 11.4. The van der Waals surface area contributed by atoms with Crippen LogP contribution in [0.5, 0.6) is 0 Å². The number of carbonyl (C=O) groups excluding carboxylic acids is 3. The third kappa shape index (κ3) is 10.5. The molecule has 0 saturated carbocycles. The van der Waals surface area contributed by atoms with E-state index in [1.165, 1.54) is 6.92 Å². The molecule has 0 aliphatic heterocycles. The van der Waals surface area contributed by atoms with E-state index in [0.717, 1.165) is 42.7 Å². The minimum atomic E-state index is -1.04. The number of nitrogens with zero attached hydrogens (tertiary/aromatic N) is 1. The van der Waals surface area contributed by atoms with Crippen LogP contribution in [0.4, 0.5) is 14.5 Å². The van der Waals surface area contributed by atoms with Gasteiger partial charge in [-0.05, 0) is 62.7 Å². The Bertz CT molecular complexity index is 943. The van der Waals surface area contributed by atoms with Gasteiger partial charge in [0.15, 0.2) is 0 Å². The van der Waals surface area contributed by atoms with Gasteiger partial charge in [-0.3, -0.25) is 14.4 Å². The van der Waals surface area contributed by atoms with E-state index >= 15 is 0 Å². The summed E-state index contributed by atoms with van der Waals surface area (Å²) in [4.78, 5) is 39.4. The number of carbonyl (C=O) groups is 3. The number of nitrogens with one attached hydrogen (secondary N) is 2. The number of hydrogen-bond acceptors (Lipinski definition) is 5. The Morgan fingerprint density at radius 2 is 1.60 bits per heavy atom. The van der Waals surface area contributed by atoms with Crippen LogP contribution in [0.3, 0.4) is 0 Å². The van der Waals surface area contributed by atoms with Crippen molar-refractivity contribution < 1.29 is 23.2 Å². The molecule has 2 rings (SSSR count). The van der Waals surface area contributed by atoms with Gasteiger partial charge in [0.1, 0.15) is 17.7 Å². The largest absolute Gasteiger partial charge is 0.344 e. The maximum Gasteiger partial charge on any atom is 0.256 e. The highest BCUT2D eigenvalue weighted by Gasteiger charge is 2.28. The van der Waals surface area contributed by atoms with Gasteiger partial charge < -0.3 is 16.4 Å². The number of unbranched alkanes of at least 4 members (excludes halogenated alkanes) is 3. The van der Waals surface area contributed by atoms with Crippen molar-refractivity contribution >= 4 is 35.8 Å². The van der Waals surface area contributed by atoms with Crippen molar-refractivity contribution in [2.75, 3.05) is 24.5 Å². The summed E-state index contributed by atoms with van der Waals surface area (Å²) >= 11 is 0. The van der Waals surface area contributed by atoms with Crippen LogP contribution in [0.2, 0.25) is 0 Å². The number of nitrogens with two attached hydrogens (primary N) is 1. The number of para-hydroxylation sites is 1. The Morgan fingerprint density at radius 1 is 0.971 bits per heavy atom. The molecule has 0 aliphatic carbocycles. The molecule has 0 aliphatic rings. The summed E-state index contributed by atoms with van der Waals surface area (Å²) < 4.78 is 26.8. The molecule has 0 radical (unpaired) electrons. The van der Waals surface area contributed by atoms with E-state index in [4.69, 9.17) is 5.73 Å². The van der Waals surface area contributed by atoms with Gasteiger partial charge in [-0.25, -0.2) is 13.7 Å². The first kappa shape index (κ1) is 30.2. The van der Waals surface area contributed by atoms with Gasteiger partial charge >= 0.3 is 0 Å². The van der Waals surface area contributed by atoms with Crippen molar-refractivity contribution in [3.63, 3.8) is 0 Å². The Morgan fingerprint density at radius 3 is 2.23 bits per heavy atom. The van der Waals surface area contributed by atoms with Crippen LogP contribution < -0.4 is 21.3 Å². The highest BCUT2D eigenvalue weighted by molar-refractivity contribution is 6.17. The molecule has 2 aromatic rings. The number of imide groups is 1. The summed E-state index contributed by atoms with van der Waals surface area (Å²) in [6.07, 6.45) is 3.57. The normalized spacial score (nSPS) is 11.3. The Balaban J connectivity index is 0.00000612. The van der Waals surface area contributed by atoms with Crippen LogP contribution in [0.25, 0.3) is 0 Å². The molecule has 0 heterocycles. The Hall–Kier alpha value is -2.88. The molecule has 10 heteroatoms. The monoisotopic (exact) mass is 510 g/mol. The average Bonchev–Trinajstić information content (AvgIpc) is 2.78. The van der Waals surface area contributed by atoms with Crippen molar-refractivity contribution in [3.05, 3.63) is 65.7 Å². The number of rotatable bonds is 13. The summed E-state index contributed by atoms with van der Waals surface area (Å²) in [7, 11) is 0. The van der Waals surface area contributed by atoms with Crippen LogP contribution in [0.15, 0.2) is 48.5 Å². The molecular formula is C25H33ClF2N4O3. The van der Waals surface area contributed by atoms with Crippen molar-refractivity contribution in [1.82, 2.24) is 10.6 Å². The SMILES string of the molecule is C[C@H](NC(=O)Cc1cc(F)cc(F)c1)C(=O)N(C(=O)CNCCCCCCN)c1ccccc1.Cl. The number of halogens is 3. The lowest BCUT2D eigenvalue weighted by Gasteiger charge is -2.25. The Kier molecular flexibility index (Phi) is 13.7. The van der Waals surface area contributed by atoms with Gasteiger partial charge in [0, 0.05) is 6.07 Å². The molecule has 0 saturated heterocycles. The highest BCUT2D eigenvalue weighted by atomic mass is 35.5. The van der Waals surface area contributed by atoms with Crippen molar-refractivity contribution in [2.45, 2.75) is 45.1 Å². The minimum absolute atomic E-state index is 0. The maximum atomic E-state index is 13.4. The molecular weight excluding hydrogens is 478 g/mol. The molecule has 3 amide bonds. The summed E-state index contributed by atoms with van der Waals surface area (Å²) in [5, 5.41) is 5.57. The second-order valence-electron chi connectivity index (χ2n) is 8.03. The van der Waals surface area contributed by atoms with E-state index in [-0.39, 0.29) is 30.9 Å². The lowest BCUT2D eigenvalue weighted by molar-refractivity contribution is -0.130. The van der Waals surface area contributed by atoms with E-state index in [2.05, 4.69) is 10.6 Å². The van der Waals surface area contributed by atoms with Gasteiger partial charge in [0.05, 0.1) is 18.7 Å². The molecule has 0 spiro atoms. The van der Waals surface area contributed by atoms with Crippen molar-refractivity contribution in [2.24, 2.45) is 5.73 Å². The lowest BCUT2D eigenvalue weighted by Crippen LogP contribution is -2.51. The molecule has 192 valence electrons. The van der Waals surface area contributed by atoms with Gasteiger partial charge in [-0.2, -0.15) is 0 Å². The number of benzene rings is 2. The van der Waals surface area contributed by atoms with Crippen molar-refractivity contribution in [3.8, 4) is 0 Å². The van der Waals surface area contributed by atoms with Crippen molar-refractivity contribution in [1.29, 1.82) is 0 Å². The van der Waals surface area contributed by atoms with Gasteiger partial charge in [0.2, 0.25) is 11.8 Å². The molecule has 4 N–H and O–H groups in total. The topological polar surface area (TPSA) is 105 Å². The fourth-order valence-corrected chi connectivity index (χ4v) is 3.44. The Labute approximate surface area is 210 Å². The van der Waals surface area contributed by atoms with Gasteiger partial charge in [0.25, 0.3) is 5.91 Å². The number of hydrogen-bond donors (Lipinski definition) is 3. The van der Waals surface area contributed by atoms with Crippen LogP contribution >= 0.6 is 12.4 Å². The van der Waals surface area contributed by atoms with E-state index in [1.807, 2.05) is 0 Å². The highest BCUT2D eigenvalue weighted by Crippen LogP contribution is 2.15. The molecule has 2 aromatic carbocycles. The molecule has 0 bridgehead atoms. The van der Waals surface area contributed by atoms with E-state index in [1.54, 1.807) is 30.3 Å². The van der Waals surface area contributed by atoms with Crippen LogP contribution in [0, 0.1) is 11.6 Å². The fourth-order valence-electron chi connectivity index (χ4n) is 3.44. The standard InChI is InChI=1S/C25H32F2N4O3.ClH/c1-18(30-23(32)15-19-13-20(26)16-21(27)14-19)25(34)31(22-9-5-4-6-10-22)24(33)17-29-12-8-3-2-7-11-28;/h4-6,9-10,13-14,16,18,29H,2-3,7-8,11-12,15,17,28H2,1H3,(H,30,32);1H/t18-;/m0./s1. The van der Waals surface area contributed by atoms with Crippen LogP contribution in [0.1, 0.15) is 38.2 Å². The predicted molar refractivity (Wildman–Crippen MR) is 134 cm³/mol. The molecule has 0 unspecified atom stereocenters. The fraction of sp³-hybridized carbons (Fsp3) is 0.400.